The van der Waals surface area contributed by atoms with Gasteiger partial charge in [0, 0.05) is 16.7 Å². The van der Waals surface area contributed by atoms with Crippen molar-refractivity contribution in [2.75, 3.05) is 6.79 Å². The molecule has 0 N–H and O–H groups in total. The fraction of sp³-hybridized carbons (Fsp3) is 0.130. The Balaban J connectivity index is 1.59. The van der Waals surface area contributed by atoms with E-state index < -0.39 is 17.0 Å². The van der Waals surface area contributed by atoms with Crippen LogP contribution >= 0.6 is 11.8 Å². The summed E-state index contributed by atoms with van der Waals surface area (Å²) in [5.74, 6) is -1.09. The molecule has 156 valence electrons. The zero-order valence-electron chi connectivity index (χ0n) is 16.3. The van der Waals surface area contributed by atoms with Crippen LogP contribution in [0.5, 0.6) is 11.5 Å². The van der Waals surface area contributed by atoms with Gasteiger partial charge < -0.3 is 9.47 Å². The predicted molar refractivity (Wildman–Crippen MR) is 113 cm³/mol. The first-order valence-corrected chi connectivity index (χ1v) is 10.4. The van der Waals surface area contributed by atoms with E-state index in [1.807, 2.05) is 25.1 Å². The van der Waals surface area contributed by atoms with Crippen LogP contribution in [0.15, 0.2) is 65.8 Å². The van der Waals surface area contributed by atoms with Crippen molar-refractivity contribution < 1.29 is 23.0 Å². The highest BCUT2D eigenvalue weighted by Gasteiger charge is 2.38. The van der Waals surface area contributed by atoms with E-state index in [4.69, 9.17) is 9.47 Å². The smallest absolute Gasteiger partial charge is 0.275 e. The SMILES string of the molecule is Cc1cccc(C(=O)N2N=C(c3ccc(F)c(F)c3)SC2c2cccc3c2OCO3)c1. The van der Waals surface area contributed by atoms with Gasteiger partial charge in [0.1, 0.15) is 10.4 Å². The molecule has 5 rings (SSSR count). The molecule has 1 atom stereocenters. The number of hydrogen-bond acceptors (Lipinski definition) is 5. The maximum atomic E-state index is 13.8. The minimum absolute atomic E-state index is 0.0897. The van der Waals surface area contributed by atoms with Crippen LogP contribution in [-0.2, 0) is 0 Å². The summed E-state index contributed by atoms with van der Waals surface area (Å²) < 4.78 is 38.4. The molecule has 5 nitrogen and oxygen atoms in total. The van der Waals surface area contributed by atoms with E-state index in [2.05, 4.69) is 5.10 Å². The molecule has 3 aromatic carbocycles. The zero-order chi connectivity index (χ0) is 21.5. The highest BCUT2D eigenvalue weighted by Crippen LogP contribution is 2.48. The van der Waals surface area contributed by atoms with Gasteiger partial charge in [-0.2, -0.15) is 5.10 Å². The van der Waals surface area contributed by atoms with Gasteiger partial charge in [0.25, 0.3) is 5.91 Å². The summed E-state index contributed by atoms with van der Waals surface area (Å²) in [5, 5.41) is 5.69. The van der Waals surface area contributed by atoms with Crippen molar-refractivity contribution in [1.29, 1.82) is 0 Å². The van der Waals surface area contributed by atoms with Crippen LogP contribution in [0.25, 0.3) is 0 Å². The van der Waals surface area contributed by atoms with Crippen LogP contribution in [0, 0.1) is 18.6 Å². The summed E-state index contributed by atoms with van der Waals surface area (Å²) in [6.45, 7) is 1.99. The maximum absolute atomic E-state index is 13.8. The third kappa shape index (κ3) is 3.53. The summed E-state index contributed by atoms with van der Waals surface area (Å²) in [6, 6.07) is 16.2. The summed E-state index contributed by atoms with van der Waals surface area (Å²) >= 11 is 1.26. The van der Waals surface area contributed by atoms with Crippen LogP contribution < -0.4 is 9.47 Å². The molecule has 0 fully saturated rings. The molecule has 2 heterocycles. The first kappa shape index (κ1) is 19.6. The van der Waals surface area contributed by atoms with Crippen LogP contribution in [0.1, 0.15) is 32.4 Å². The van der Waals surface area contributed by atoms with Gasteiger partial charge in [0.05, 0.1) is 0 Å². The Hall–Kier alpha value is -3.39. The molecule has 0 saturated heterocycles. The topological polar surface area (TPSA) is 51.1 Å². The van der Waals surface area contributed by atoms with Gasteiger partial charge in [0.2, 0.25) is 6.79 Å². The average molecular weight is 438 g/mol. The van der Waals surface area contributed by atoms with E-state index in [1.165, 1.54) is 22.8 Å². The number of ether oxygens (including phenoxy) is 2. The van der Waals surface area contributed by atoms with Crippen LogP contribution in [-0.4, -0.2) is 22.8 Å². The van der Waals surface area contributed by atoms with E-state index in [1.54, 1.807) is 24.3 Å². The van der Waals surface area contributed by atoms with Crippen molar-refractivity contribution in [3.05, 3.63) is 94.6 Å². The number of fused-ring (bicyclic) bond motifs is 1. The van der Waals surface area contributed by atoms with Crippen LogP contribution in [0.3, 0.4) is 0 Å². The Labute approximate surface area is 181 Å². The number of para-hydroxylation sites is 1. The Morgan fingerprint density at radius 2 is 1.90 bits per heavy atom. The van der Waals surface area contributed by atoms with Crippen molar-refractivity contribution in [1.82, 2.24) is 5.01 Å². The maximum Gasteiger partial charge on any atom is 0.275 e. The molecule has 1 amide bonds. The van der Waals surface area contributed by atoms with Crippen molar-refractivity contribution in [2.24, 2.45) is 5.10 Å². The fourth-order valence-electron chi connectivity index (χ4n) is 3.49. The lowest BCUT2D eigenvalue weighted by Crippen LogP contribution is -2.26. The molecule has 8 heteroatoms. The van der Waals surface area contributed by atoms with E-state index in [9.17, 15) is 13.6 Å². The first-order chi connectivity index (χ1) is 15.0. The first-order valence-electron chi connectivity index (χ1n) is 9.51. The number of hydrogen-bond donors (Lipinski definition) is 0. The summed E-state index contributed by atoms with van der Waals surface area (Å²) in [5.41, 5.74) is 2.52. The predicted octanol–water partition coefficient (Wildman–Crippen LogP) is 5.25. The number of amides is 1. The van der Waals surface area contributed by atoms with E-state index in [0.717, 1.165) is 17.7 Å². The van der Waals surface area contributed by atoms with Gasteiger partial charge in [-0.25, -0.2) is 13.8 Å². The second-order valence-electron chi connectivity index (χ2n) is 7.10. The summed E-state index contributed by atoms with van der Waals surface area (Å²) in [4.78, 5) is 13.4. The minimum Gasteiger partial charge on any atom is -0.454 e. The third-order valence-corrected chi connectivity index (χ3v) is 6.19. The molecular weight excluding hydrogens is 422 g/mol. The largest absolute Gasteiger partial charge is 0.454 e. The molecule has 0 saturated carbocycles. The Kier molecular flexibility index (Phi) is 4.86. The van der Waals surface area contributed by atoms with Crippen LogP contribution in [0.4, 0.5) is 8.78 Å². The van der Waals surface area contributed by atoms with E-state index in [-0.39, 0.29) is 12.7 Å². The number of nitrogens with zero attached hydrogens (tertiary/aromatic N) is 2. The Morgan fingerprint density at radius 1 is 1.06 bits per heavy atom. The number of benzene rings is 3. The highest BCUT2D eigenvalue weighted by atomic mass is 32.2. The van der Waals surface area contributed by atoms with Gasteiger partial charge in [0.15, 0.2) is 23.1 Å². The minimum atomic E-state index is -0.974. The molecule has 3 aromatic rings. The van der Waals surface area contributed by atoms with Crippen molar-refractivity contribution in [3.8, 4) is 11.5 Å². The Morgan fingerprint density at radius 3 is 2.71 bits per heavy atom. The monoisotopic (exact) mass is 438 g/mol. The molecule has 1 unspecified atom stereocenters. The number of aryl methyl sites for hydroxylation is 1. The molecule has 0 aliphatic carbocycles. The number of halogens is 2. The molecule has 31 heavy (non-hydrogen) atoms. The van der Waals surface area contributed by atoms with Crippen molar-refractivity contribution in [3.63, 3.8) is 0 Å². The van der Waals surface area contributed by atoms with Gasteiger partial charge in [-0.15, -0.1) is 0 Å². The van der Waals surface area contributed by atoms with Gasteiger partial charge in [-0.05, 0) is 43.3 Å². The van der Waals surface area contributed by atoms with Gasteiger partial charge >= 0.3 is 0 Å². The highest BCUT2D eigenvalue weighted by molar-refractivity contribution is 8.14. The number of hydrazone groups is 1. The fourth-order valence-corrected chi connectivity index (χ4v) is 4.65. The number of carbonyl (C=O) groups is 1. The third-order valence-electron chi connectivity index (χ3n) is 4.98. The molecule has 0 radical (unpaired) electrons. The number of thioether (sulfide) groups is 1. The normalized spacial score (nSPS) is 17.1. The van der Waals surface area contributed by atoms with E-state index >= 15 is 0 Å². The van der Waals surface area contributed by atoms with E-state index in [0.29, 0.717) is 33.2 Å². The van der Waals surface area contributed by atoms with Gasteiger partial charge in [-0.1, -0.05) is 41.6 Å². The lowest BCUT2D eigenvalue weighted by atomic mass is 10.1. The standard InChI is InChI=1S/C23H16F2N2O3S/c1-13-4-2-5-15(10-13)22(28)27-23(16-6-3-7-19-20(16)30-12-29-19)31-21(26-27)14-8-9-17(24)18(25)11-14/h2-11,23H,12H2,1H3. The van der Waals surface area contributed by atoms with Gasteiger partial charge in [-0.3, -0.25) is 4.79 Å². The zero-order valence-corrected chi connectivity index (χ0v) is 17.2. The summed E-state index contributed by atoms with van der Waals surface area (Å²) in [6.07, 6.45) is 0. The Bertz CT molecular complexity index is 1230. The summed E-state index contributed by atoms with van der Waals surface area (Å²) in [7, 11) is 0. The lowest BCUT2D eigenvalue weighted by Gasteiger charge is -2.22. The second-order valence-corrected chi connectivity index (χ2v) is 8.17. The molecule has 2 aliphatic heterocycles. The average Bonchev–Trinajstić information content (AvgIpc) is 3.42. The molecule has 0 aromatic heterocycles. The number of carbonyl (C=O) groups excluding carboxylic acids is 1. The quantitative estimate of drug-likeness (QED) is 0.560. The molecular formula is C23H16F2N2O3S. The molecule has 0 spiro atoms. The molecule has 0 bridgehead atoms. The lowest BCUT2D eigenvalue weighted by molar-refractivity contribution is 0.0747. The van der Waals surface area contributed by atoms with Crippen molar-refractivity contribution >= 4 is 22.7 Å². The number of rotatable bonds is 3. The molecule has 2 aliphatic rings. The van der Waals surface area contributed by atoms with Crippen LogP contribution in [0.2, 0.25) is 0 Å². The van der Waals surface area contributed by atoms with Crippen molar-refractivity contribution in [2.45, 2.75) is 12.3 Å². The second kappa shape index (κ2) is 7.70.